The molecule has 9 nitrogen and oxygen atoms in total. The Labute approximate surface area is 205 Å². The SMILES string of the molecule is Cc1ccc2nc(C(=O)CCCOC(=O)NCC(C(=O)N3CCOCC3)C3CCCCC3)oc2c1. The van der Waals surface area contributed by atoms with Crippen LogP contribution >= 0.6 is 0 Å². The van der Waals surface area contributed by atoms with Gasteiger partial charge in [0.2, 0.25) is 11.7 Å². The predicted octanol–water partition coefficient (Wildman–Crippen LogP) is 3.88. The summed E-state index contributed by atoms with van der Waals surface area (Å²) < 4.78 is 16.2. The number of alkyl carbamates (subject to hydrolysis) is 1. The summed E-state index contributed by atoms with van der Waals surface area (Å²) >= 11 is 0. The Bertz CT molecular complexity index is 1020. The lowest BCUT2D eigenvalue weighted by Gasteiger charge is -2.35. The summed E-state index contributed by atoms with van der Waals surface area (Å²) in [5, 5.41) is 2.79. The van der Waals surface area contributed by atoms with Crippen LogP contribution in [0.5, 0.6) is 0 Å². The van der Waals surface area contributed by atoms with Gasteiger partial charge in [0.15, 0.2) is 5.58 Å². The third kappa shape index (κ3) is 6.81. The van der Waals surface area contributed by atoms with E-state index in [9.17, 15) is 14.4 Å². The van der Waals surface area contributed by atoms with Crippen LogP contribution in [0.15, 0.2) is 22.6 Å². The highest BCUT2D eigenvalue weighted by molar-refractivity contribution is 5.94. The number of fused-ring (bicyclic) bond motifs is 1. The average Bonchev–Trinajstić information content (AvgIpc) is 3.31. The Kier molecular flexibility index (Phi) is 8.74. The molecule has 190 valence electrons. The van der Waals surface area contributed by atoms with E-state index in [1.54, 1.807) is 0 Å². The third-order valence-electron chi connectivity index (χ3n) is 6.89. The van der Waals surface area contributed by atoms with Crippen molar-refractivity contribution in [2.75, 3.05) is 39.5 Å². The number of ketones is 1. The lowest BCUT2D eigenvalue weighted by atomic mass is 9.79. The third-order valence-corrected chi connectivity index (χ3v) is 6.89. The fourth-order valence-corrected chi connectivity index (χ4v) is 4.91. The van der Waals surface area contributed by atoms with Gasteiger partial charge in [0, 0.05) is 26.1 Å². The maximum absolute atomic E-state index is 13.2. The molecule has 9 heteroatoms. The molecule has 1 aliphatic carbocycles. The van der Waals surface area contributed by atoms with Crippen molar-refractivity contribution < 1.29 is 28.3 Å². The monoisotopic (exact) mass is 485 g/mol. The van der Waals surface area contributed by atoms with Crippen LogP contribution in [0.25, 0.3) is 11.1 Å². The highest BCUT2D eigenvalue weighted by atomic mass is 16.5. The van der Waals surface area contributed by atoms with Crippen molar-refractivity contribution in [1.82, 2.24) is 15.2 Å². The number of nitrogens with one attached hydrogen (secondary N) is 1. The quantitative estimate of drug-likeness (QED) is 0.424. The van der Waals surface area contributed by atoms with Crippen LogP contribution < -0.4 is 5.32 Å². The first kappa shape index (κ1) is 25.2. The molecule has 4 rings (SSSR count). The number of morpholine rings is 1. The van der Waals surface area contributed by atoms with E-state index in [1.165, 1.54) is 6.42 Å². The zero-order valence-electron chi connectivity index (χ0n) is 20.4. The van der Waals surface area contributed by atoms with Crippen LogP contribution in [0.4, 0.5) is 4.79 Å². The molecule has 2 amide bonds. The van der Waals surface area contributed by atoms with Gasteiger partial charge in [-0.25, -0.2) is 9.78 Å². The summed E-state index contributed by atoms with van der Waals surface area (Å²) in [6, 6.07) is 5.58. The number of aromatic nitrogens is 1. The number of rotatable bonds is 9. The van der Waals surface area contributed by atoms with Crippen molar-refractivity contribution in [2.24, 2.45) is 11.8 Å². The first-order valence-corrected chi connectivity index (χ1v) is 12.7. The van der Waals surface area contributed by atoms with Gasteiger partial charge in [-0.2, -0.15) is 0 Å². The summed E-state index contributed by atoms with van der Waals surface area (Å²) in [6.07, 6.45) is 5.43. The van der Waals surface area contributed by atoms with Crippen molar-refractivity contribution in [3.05, 3.63) is 29.7 Å². The van der Waals surface area contributed by atoms with Gasteiger partial charge in [-0.15, -0.1) is 0 Å². The van der Waals surface area contributed by atoms with Crippen molar-refractivity contribution in [3.63, 3.8) is 0 Å². The fraction of sp³-hybridized carbons (Fsp3) is 0.615. The Morgan fingerprint density at radius 3 is 2.71 bits per heavy atom. The number of amides is 2. The molecule has 35 heavy (non-hydrogen) atoms. The number of oxazole rings is 1. The van der Waals surface area contributed by atoms with E-state index >= 15 is 0 Å². The maximum atomic E-state index is 13.2. The summed E-state index contributed by atoms with van der Waals surface area (Å²) in [4.78, 5) is 44.0. The van der Waals surface area contributed by atoms with Gasteiger partial charge in [-0.3, -0.25) is 9.59 Å². The molecule has 1 aromatic heterocycles. The number of ether oxygens (including phenoxy) is 2. The van der Waals surface area contributed by atoms with Gasteiger partial charge < -0.3 is 24.1 Å². The summed E-state index contributed by atoms with van der Waals surface area (Å²) in [5.41, 5.74) is 2.27. The minimum absolute atomic E-state index is 0.0759. The molecule has 2 aromatic rings. The van der Waals surface area contributed by atoms with Crippen LogP contribution in [0.1, 0.15) is 61.2 Å². The molecule has 1 atom stereocenters. The van der Waals surface area contributed by atoms with Crippen molar-refractivity contribution in [2.45, 2.75) is 51.9 Å². The van der Waals surface area contributed by atoms with Crippen LogP contribution in [0, 0.1) is 18.8 Å². The Balaban J connectivity index is 1.21. The highest BCUT2D eigenvalue weighted by Crippen LogP contribution is 2.31. The Morgan fingerprint density at radius 1 is 1.17 bits per heavy atom. The van der Waals surface area contributed by atoms with E-state index in [0.29, 0.717) is 43.8 Å². The summed E-state index contributed by atoms with van der Waals surface area (Å²) in [7, 11) is 0. The van der Waals surface area contributed by atoms with E-state index in [1.807, 2.05) is 30.0 Å². The van der Waals surface area contributed by atoms with Crippen molar-refractivity contribution in [3.8, 4) is 0 Å². The molecule has 1 saturated heterocycles. The predicted molar refractivity (Wildman–Crippen MR) is 129 cm³/mol. The summed E-state index contributed by atoms with van der Waals surface area (Å²) in [6.45, 7) is 4.62. The molecule has 0 spiro atoms. The second-order valence-corrected chi connectivity index (χ2v) is 9.48. The Hall–Kier alpha value is -2.94. The number of Topliss-reactive ketones (excluding diaryl/α,β-unsaturated/α-hetero) is 1. The number of hydrogen-bond acceptors (Lipinski definition) is 7. The molecule has 1 aliphatic heterocycles. The lowest BCUT2D eigenvalue weighted by Crippen LogP contribution is -2.49. The van der Waals surface area contributed by atoms with Crippen LogP contribution in [0.2, 0.25) is 0 Å². The van der Waals surface area contributed by atoms with Gasteiger partial charge in [0.25, 0.3) is 5.89 Å². The molecule has 0 radical (unpaired) electrons. The lowest BCUT2D eigenvalue weighted by molar-refractivity contribution is -0.141. The molecule has 0 bridgehead atoms. The van der Waals surface area contributed by atoms with Gasteiger partial charge in [-0.05, 0) is 49.8 Å². The zero-order chi connectivity index (χ0) is 24.6. The van der Waals surface area contributed by atoms with Gasteiger partial charge in [-0.1, -0.05) is 25.3 Å². The van der Waals surface area contributed by atoms with E-state index < -0.39 is 6.09 Å². The molecular weight excluding hydrogens is 450 g/mol. The second kappa shape index (κ2) is 12.2. The zero-order valence-corrected chi connectivity index (χ0v) is 20.4. The first-order chi connectivity index (χ1) is 17.0. The van der Waals surface area contributed by atoms with Crippen molar-refractivity contribution >= 4 is 28.9 Å². The van der Waals surface area contributed by atoms with E-state index in [-0.39, 0.29) is 49.0 Å². The highest BCUT2D eigenvalue weighted by Gasteiger charge is 2.33. The van der Waals surface area contributed by atoms with Crippen LogP contribution in [-0.2, 0) is 14.3 Å². The second-order valence-electron chi connectivity index (χ2n) is 9.48. The molecule has 2 aliphatic rings. The first-order valence-electron chi connectivity index (χ1n) is 12.7. The maximum Gasteiger partial charge on any atom is 0.407 e. The molecule has 1 aromatic carbocycles. The van der Waals surface area contributed by atoms with Gasteiger partial charge in [0.1, 0.15) is 5.52 Å². The van der Waals surface area contributed by atoms with E-state index in [4.69, 9.17) is 13.9 Å². The molecule has 1 saturated carbocycles. The molecule has 2 fully saturated rings. The van der Waals surface area contributed by atoms with Crippen LogP contribution in [-0.4, -0.2) is 67.1 Å². The molecule has 2 heterocycles. The number of aryl methyl sites for hydroxylation is 1. The number of nitrogens with zero attached hydrogens (tertiary/aromatic N) is 2. The number of carbonyl (C=O) groups is 3. The molecule has 1 unspecified atom stereocenters. The number of carbonyl (C=O) groups excluding carboxylic acids is 3. The normalized spacial score (nSPS) is 17.8. The Morgan fingerprint density at radius 2 is 1.94 bits per heavy atom. The van der Waals surface area contributed by atoms with Gasteiger partial charge >= 0.3 is 6.09 Å². The van der Waals surface area contributed by atoms with Gasteiger partial charge in [0.05, 0.1) is 25.7 Å². The largest absolute Gasteiger partial charge is 0.450 e. The summed E-state index contributed by atoms with van der Waals surface area (Å²) in [5.74, 6) is -0.0228. The van der Waals surface area contributed by atoms with E-state index in [0.717, 1.165) is 31.2 Å². The molecule has 1 N–H and O–H groups in total. The van der Waals surface area contributed by atoms with E-state index in [2.05, 4.69) is 10.3 Å². The fourth-order valence-electron chi connectivity index (χ4n) is 4.91. The number of benzene rings is 1. The standard InChI is InChI=1S/C26H35N3O6/c1-18-9-10-21-23(16-18)35-24(28-21)22(30)8-5-13-34-26(32)27-17-20(19-6-3-2-4-7-19)25(31)29-11-14-33-15-12-29/h9-10,16,19-20H,2-8,11-15,17H2,1H3,(H,27,32). The molecular formula is C26H35N3O6. The average molecular weight is 486 g/mol. The number of hydrogen-bond donors (Lipinski definition) is 1. The minimum atomic E-state index is -0.564. The minimum Gasteiger partial charge on any atom is -0.450 e. The van der Waals surface area contributed by atoms with Crippen LogP contribution in [0.3, 0.4) is 0 Å². The van der Waals surface area contributed by atoms with Crippen molar-refractivity contribution in [1.29, 1.82) is 0 Å². The smallest absolute Gasteiger partial charge is 0.407 e. The topological polar surface area (TPSA) is 111 Å².